The van der Waals surface area contributed by atoms with Crippen molar-refractivity contribution in [1.29, 1.82) is 0 Å². The van der Waals surface area contributed by atoms with Gasteiger partial charge in [0.1, 0.15) is 11.2 Å². The quantitative estimate of drug-likeness (QED) is 0.0585. The van der Waals surface area contributed by atoms with Crippen molar-refractivity contribution in [3.8, 4) is 0 Å². The summed E-state index contributed by atoms with van der Waals surface area (Å²) in [5, 5.41) is 15.1. The lowest BCUT2D eigenvalue weighted by Gasteiger charge is -2.27. The molecule has 187 valence electrons. The highest BCUT2D eigenvalue weighted by atomic mass is 127. The number of nitrogens with one attached hydrogen (secondary N) is 3. The maximum atomic E-state index is 12.5. The number of rotatable bonds is 17. The number of carboxylic acids is 1. The van der Waals surface area contributed by atoms with Crippen LogP contribution in [0.1, 0.15) is 79.6 Å². The van der Waals surface area contributed by atoms with Gasteiger partial charge in [0.05, 0.1) is 34.4 Å². The second-order valence-corrected chi connectivity index (χ2v) is 9.85. The number of unbranched alkanes of at least 4 members (excludes halogenated alkanes) is 2. The molecule has 2 amide bonds. The molecule has 0 aliphatic carbocycles. The lowest BCUT2D eigenvalue weighted by molar-refractivity contribution is -0.143. The average Bonchev–Trinajstić information content (AvgIpc) is 2.71. The average molecular weight is 577 g/mol. The predicted molar refractivity (Wildman–Crippen MR) is 139 cm³/mol. The molecule has 0 unspecified atom stereocenters. The van der Waals surface area contributed by atoms with Crippen molar-refractivity contribution in [1.82, 2.24) is 14.1 Å². The predicted octanol–water partition coefficient (Wildman–Crippen LogP) is 2.20. The molecule has 6 N–H and O–H groups in total. The van der Waals surface area contributed by atoms with Crippen molar-refractivity contribution in [3.63, 3.8) is 0 Å². The van der Waals surface area contributed by atoms with Crippen LogP contribution < -0.4 is 19.8 Å². The van der Waals surface area contributed by atoms with Gasteiger partial charge in [0, 0.05) is 6.92 Å². The second-order valence-electron chi connectivity index (χ2n) is 9.31. The van der Waals surface area contributed by atoms with E-state index in [1.807, 2.05) is 26.0 Å². The highest BCUT2D eigenvalue weighted by molar-refractivity contribution is 14.1. The van der Waals surface area contributed by atoms with Gasteiger partial charge in [-0.3, -0.25) is 17.9 Å². The Hall–Kier alpha value is -1.47. The molecule has 0 aromatic carbocycles. The van der Waals surface area contributed by atoms with Crippen LogP contribution in [-0.2, 0) is 19.2 Å². The molecule has 33 heavy (non-hydrogen) atoms. The van der Waals surface area contributed by atoms with Gasteiger partial charge in [0.15, 0.2) is 0 Å². The van der Waals surface area contributed by atoms with Gasteiger partial charge in [0.25, 0.3) is 7.41 Å². The third-order valence-corrected chi connectivity index (χ3v) is 5.81. The van der Waals surface area contributed by atoms with Crippen LogP contribution in [0.5, 0.6) is 0 Å². The van der Waals surface area contributed by atoms with Crippen LogP contribution in [0, 0.1) is 5.92 Å². The number of nitrogens with two attached hydrogens (primary N) is 1. The first-order valence-electron chi connectivity index (χ1n) is 11.3. The summed E-state index contributed by atoms with van der Waals surface area (Å²) in [4.78, 5) is 47.4. The number of carboxylic acid groups (broad SMARTS) is 1. The van der Waals surface area contributed by atoms with Gasteiger partial charge in [-0.2, -0.15) is 0 Å². The Bertz CT molecular complexity index is 702. The summed E-state index contributed by atoms with van der Waals surface area (Å²) in [6, 6.07) is -0.686. The zero-order valence-electron chi connectivity index (χ0n) is 20.4. The number of carbonyl (C=O) groups is 4. The summed E-state index contributed by atoms with van der Waals surface area (Å²) in [5.41, 5.74) is 3.43. The SMILES string of the molecule is CC(=O)N[C@@H](CC(C)C)C(=O)[B]N[C@@](C)(CCC/C=C\CCC[C@](C)(N)C(=O)NI)C(=O)O. The molecule has 1 radical (unpaired) electrons. The lowest BCUT2D eigenvalue weighted by Crippen LogP contribution is -2.55. The molecule has 0 aliphatic rings. The Morgan fingerprint density at radius 3 is 2.09 bits per heavy atom. The monoisotopic (exact) mass is 577 g/mol. The van der Waals surface area contributed by atoms with Gasteiger partial charge >= 0.3 is 5.97 Å². The van der Waals surface area contributed by atoms with E-state index < -0.39 is 23.1 Å². The molecule has 11 heteroatoms. The summed E-state index contributed by atoms with van der Waals surface area (Å²) in [6.45, 7) is 8.48. The minimum atomic E-state index is -1.30. The van der Waals surface area contributed by atoms with Crippen LogP contribution in [0.2, 0.25) is 0 Å². The van der Waals surface area contributed by atoms with Crippen LogP contribution in [0.3, 0.4) is 0 Å². The Morgan fingerprint density at radius 1 is 1.09 bits per heavy atom. The van der Waals surface area contributed by atoms with E-state index in [-0.39, 0.29) is 23.4 Å². The van der Waals surface area contributed by atoms with Gasteiger partial charge in [-0.25, -0.2) is 0 Å². The fourth-order valence-corrected chi connectivity index (χ4v) is 3.77. The topological polar surface area (TPSA) is 151 Å². The van der Waals surface area contributed by atoms with E-state index in [2.05, 4.69) is 14.1 Å². The molecule has 0 saturated heterocycles. The Labute approximate surface area is 212 Å². The maximum Gasteiger partial charge on any atom is 0.322 e. The molecule has 9 nitrogen and oxygen atoms in total. The highest BCUT2D eigenvalue weighted by Gasteiger charge is 2.34. The molecule has 0 rings (SSSR count). The Morgan fingerprint density at radius 2 is 1.64 bits per heavy atom. The summed E-state index contributed by atoms with van der Waals surface area (Å²) >= 11 is 1.78. The first-order valence-corrected chi connectivity index (χ1v) is 12.3. The van der Waals surface area contributed by atoms with Crippen molar-refractivity contribution in [2.45, 2.75) is 96.7 Å². The van der Waals surface area contributed by atoms with Gasteiger partial charge in [0.2, 0.25) is 11.8 Å². The molecule has 0 spiro atoms. The molecule has 0 bridgehead atoms. The molecule has 3 atom stereocenters. The molecule has 0 aromatic rings. The van der Waals surface area contributed by atoms with Crippen LogP contribution in [-0.4, -0.2) is 53.1 Å². The molecular weight excluding hydrogens is 538 g/mol. The summed E-state index contributed by atoms with van der Waals surface area (Å²) in [5.74, 6) is -1.36. The Kier molecular flexibility index (Phi) is 14.8. The van der Waals surface area contributed by atoms with Crippen molar-refractivity contribution >= 4 is 53.7 Å². The van der Waals surface area contributed by atoms with Gasteiger partial charge in [-0.15, -0.1) is 0 Å². The number of halogens is 1. The Balaban J connectivity index is 4.56. The highest BCUT2D eigenvalue weighted by Crippen LogP contribution is 2.16. The molecule has 0 saturated carbocycles. The normalized spacial score (nSPS) is 16.0. The van der Waals surface area contributed by atoms with Gasteiger partial charge in [-0.1, -0.05) is 26.0 Å². The van der Waals surface area contributed by atoms with Crippen molar-refractivity contribution in [2.75, 3.05) is 0 Å². The van der Waals surface area contributed by atoms with E-state index in [1.165, 1.54) is 14.3 Å². The summed E-state index contributed by atoms with van der Waals surface area (Å²) < 4.78 is 2.53. The van der Waals surface area contributed by atoms with E-state index >= 15 is 0 Å². The first kappa shape index (κ1) is 31.5. The van der Waals surface area contributed by atoms with Crippen LogP contribution in [0.4, 0.5) is 0 Å². The fraction of sp³-hybridized carbons (Fsp3) is 0.727. The minimum Gasteiger partial charge on any atom is -0.480 e. The number of carbonyl (C=O) groups excluding carboxylic acids is 3. The van der Waals surface area contributed by atoms with Crippen molar-refractivity contribution in [3.05, 3.63) is 12.2 Å². The second kappa shape index (κ2) is 15.4. The number of allylic oxidation sites excluding steroid dienone is 2. The van der Waals surface area contributed by atoms with E-state index in [4.69, 9.17) is 5.73 Å². The van der Waals surface area contributed by atoms with Gasteiger partial charge < -0.3 is 26.2 Å². The molecular formula is C22H39BIN4O5. The minimum absolute atomic E-state index is 0.193. The van der Waals surface area contributed by atoms with Crippen LogP contribution >= 0.6 is 22.9 Å². The lowest BCUT2D eigenvalue weighted by atomic mass is 9.76. The van der Waals surface area contributed by atoms with Crippen molar-refractivity contribution in [2.24, 2.45) is 11.7 Å². The molecule has 0 fully saturated rings. The maximum absolute atomic E-state index is 12.5. The zero-order valence-corrected chi connectivity index (χ0v) is 22.5. The van der Waals surface area contributed by atoms with E-state index in [0.29, 0.717) is 32.1 Å². The van der Waals surface area contributed by atoms with Crippen molar-refractivity contribution < 1.29 is 24.3 Å². The van der Waals surface area contributed by atoms with Crippen LogP contribution in [0.15, 0.2) is 12.2 Å². The number of amides is 2. The largest absolute Gasteiger partial charge is 0.480 e. The van der Waals surface area contributed by atoms with Crippen LogP contribution in [0.25, 0.3) is 0 Å². The molecule has 0 heterocycles. The number of hydrogen-bond donors (Lipinski definition) is 5. The van der Waals surface area contributed by atoms with E-state index in [9.17, 15) is 24.3 Å². The zero-order chi connectivity index (χ0) is 25.7. The third-order valence-electron chi connectivity index (χ3n) is 5.32. The summed E-state index contributed by atoms with van der Waals surface area (Å²) in [6.07, 6.45) is 8.19. The number of aliphatic carboxylic acids is 1. The summed E-state index contributed by atoms with van der Waals surface area (Å²) in [7, 11) is 1.17. The standard InChI is InChI=1S/C22H39BIN4O5/c1-15(2)14-17(26-16(3)29)18(30)23-28-22(5,20(32)33)13-11-9-7-6-8-10-12-21(4,25)19(31)27-24/h6-7,15,17,28H,8-14,25H2,1-5H3,(H,26,29)(H,27,31)(H,32,33)/b7-6-/t17-,21-,22-/m0/s1. The smallest absolute Gasteiger partial charge is 0.322 e. The van der Waals surface area contributed by atoms with E-state index in [1.54, 1.807) is 36.7 Å². The third kappa shape index (κ3) is 13.1. The number of hydrogen-bond acceptors (Lipinski definition) is 6. The first-order chi connectivity index (χ1) is 15.2. The van der Waals surface area contributed by atoms with Gasteiger partial charge in [-0.05, 0) is 64.7 Å². The van der Waals surface area contributed by atoms with E-state index in [0.717, 1.165) is 12.8 Å². The molecule has 0 aliphatic heterocycles. The molecule has 0 aromatic heterocycles. The fourth-order valence-electron chi connectivity index (χ4n) is 3.15.